The Labute approximate surface area is 134 Å². The molecule has 0 bridgehead atoms. The smallest absolute Gasteiger partial charge is 0.267 e. The van der Waals surface area contributed by atoms with Crippen LogP contribution < -0.4 is 9.46 Å². The Bertz CT molecular complexity index is 853. The van der Waals surface area contributed by atoms with Gasteiger partial charge in [-0.15, -0.1) is 0 Å². The molecule has 1 N–H and O–H groups in total. The molecule has 0 saturated heterocycles. The van der Waals surface area contributed by atoms with Crippen molar-refractivity contribution in [2.75, 3.05) is 7.11 Å². The number of carbonyl (C=O) groups excluding carboxylic acids is 1. The van der Waals surface area contributed by atoms with Crippen LogP contribution in [0.2, 0.25) is 0 Å². The third-order valence-corrected chi connectivity index (χ3v) is 4.41. The van der Waals surface area contributed by atoms with Gasteiger partial charge in [-0.1, -0.05) is 18.2 Å². The van der Waals surface area contributed by atoms with Crippen LogP contribution in [-0.2, 0) is 21.9 Å². The molecule has 1 aromatic carbocycles. The number of ether oxygens (including phenoxy) is 1. The van der Waals surface area contributed by atoms with Crippen molar-refractivity contribution in [3.05, 3.63) is 48.3 Å². The second kappa shape index (κ2) is 6.66. The molecular formula is C15H17N3O4S. The number of aromatic nitrogens is 2. The molecule has 7 nitrogen and oxygen atoms in total. The van der Waals surface area contributed by atoms with Crippen molar-refractivity contribution in [3.8, 4) is 5.75 Å². The van der Waals surface area contributed by atoms with Crippen LogP contribution in [0.25, 0.3) is 5.57 Å². The molecule has 2 rings (SSSR count). The molecule has 122 valence electrons. The maximum Gasteiger partial charge on any atom is 0.267 e. The van der Waals surface area contributed by atoms with Gasteiger partial charge in [0.15, 0.2) is 0 Å². The molecule has 1 aromatic heterocycles. The highest BCUT2D eigenvalue weighted by Gasteiger charge is 2.18. The molecule has 0 unspecified atom stereocenters. The van der Waals surface area contributed by atoms with Crippen LogP contribution in [0.4, 0.5) is 0 Å². The van der Waals surface area contributed by atoms with Crippen LogP contribution in [0.5, 0.6) is 5.75 Å². The summed E-state index contributed by atoms with van der Waals surface area (Å²) >= 11 is 0. The predicted molar refractivity (Wildman–Crippen MR) is 85.2 cm³/mol. The molecule has 23 heavy (non-hydrogen) atoms. The number of hydrogen-bond acceptors (Lipinski definition) is 5. The van der Waals surface area contributed by atoms with E-state index in [1.54, 1.807) is 32.2 Å². The molecule has 0 spiro atoms. The molecule has 1 heterocycles. The van der Waals surface area contributed by atoms with E-state index in [0.29, 0.717) is 16.9 Å². The Morgan fingerprint density at radius 3 is 2.65 bits per heavy atom. The summed E-state index contributed by atoms with van der Waals surface area (Å²) < 4.78 is 32.7. The summed E-state index contributed by atoms with van der Waals surface area (Å²) in [5, 5.41) is 3.78. The first-order valence-electron chi connectivity index (χ1n) is 6.70. The monoisotopic (exact) mass is 335 g/mol. The number of nitrogens with one attached hydrogen (secondary N) is 1. The highest BCUT2D eigenvalue weighted by Crippen LogP contribution is 2.25. The number of rotatable bonds is 5. The van der Waals surface area contributed by atoms with Crippen LogP contribution >= 0.6 is 0 Å². The van der Waals surface area contributed by atoms with E-state index in [2.05, 4.69) is 5.10 Å². The summed E-state index contributed by atoms with van der Waals surface area (Å²) in [4.78, 5) is 11.9. The van der Waals surface area contributed by atoms with E-state index in [1.165, 1.54) is 30.3 Å². The Morgan fingerprint density at radius 1 is 1.35 bits per heavy atom. The highest BCUT2D eigenvalue weighted by molar-refractivity contribution is 7.90. The maximum absolute atomic E-state index is 12.1. The number of amides is 1. The molecule has 8 heteroatoms. The standard InChI is InChI=1S/C15H17N3O4S/c1-11(13-6-4-5-7-14(13)22-3)8-15(19)17-23(20,21)12-9-16-18(2)10-12/h4-10H,1-3H3,(H,17,19). The fourth-order valence-corrected chi connectivity index (χ4v) is 2.92. The normalized spacial score (nSPS) is 12.0. The Balaban J connectivity index is 2.21. The first-order chi connectivity index (χ1) is 10.8. The minimum atomic E-state index is -3.94. The zero-order chi connectivity index (χ0) is 17.0. The Morgan fingerprint density at radius 2 is 2.04 bits per heavy atom. The number of carbonyl (C=O) groups is 1. The number of methoxy groups -OCH3 is 1. The van der Waals surface area contributed by atoms with Gasteiger partial charge < -0.3 is 4.74 Å². The number of nitrogens with zero attached hydrogens (tertiary/aromatic N) is 2. The van der Waals surface area contributed by atoms with Crippen LogP contribution in [0, 0.1) is 0 Å². The number of benzene rings is 1. The van der Waals surface area contributed by atoms with Crippen LogP contribution in [0.15, 0.2) is 47.6 Å². The van der Waals surface area contributed by atoms with E-state index in [-0.39, 0.29) is 4.90 Å². The van der Waals surface area contributed by atoms with Crippen molar-refractivity contribution in [3.63, 3.8) is 0 Å². The van der Waals surface area contributed by atoms with Gasteiger partial charge in [0.05, 0.1) is 13.3 Å². The van der Waals surface area contributed by atoms with Crippen LogP contribution in [0.1, 0.15) is 12.5 Å². The highest BCUT2D eigenvalue weighted by atomic mass is 32.2. The fourth-order valence-electron chi connectivity index (χ4n) is 2.00. The largest absolute Gasteiger partial charge is 0.496 e. The van der Waals surface area contributed by atoms with Gasteiger partial charge in [0.2, 0.25) is 0 Å². The average molecular weight is 335 g/mol. The Kier molecular flexibility index (Phi) is 4.85. The SMILES string of the molecule is COc1ccccc1C(C)=CC(=O)NS(=O)(=O)c1cnn(C)c1. The van der Waals surface area contributed by atoms with Gasteiger partial charge in [-0.05, 0) is 18.6 Å². The van der Waals surface area contributed by atoms with E-state index in [4.69, 9.17) is 4.74 Å². The zero-order valence-electron chi connectivity index (χ0n) is 13.0. The summed E-state index contributed by atoms with van der Waals surface area (Å²) in [6.45, 7) is 1.70. The molecule has 1 amide bonds. The van der Waals surface area contributed by atoms with Crippen molar-refractivity contribution < 1.29 is 17.9 Å². The van der Waals surface area contributed by atoms with Gasteiger partial charge >= 0.3 is 0 Å². The number of hydrogen-bond donors (Lipinski definition) is 1. The summed E-state index contributed by atoms with van der Waals surface area (Å²) in [6.07, 6.45) is 3.70. The third kappa shape index (κ3) is 3.98. The van der Waals surface area contributed by atoms with Crippen molar-refractivity contribution in [1.29, 1.82) is 0 Å². The van der Waals surface area contributed by atoms with E-state index in [1.807, 2.05) is 10.8 Å². The minimum Gasteiger partial charge on any atom is -0.496 e. The second-order valence-electron chi connectivity index (χ2n) is 4.85. The van der Waals surface area contributed by atoms with Gasteiger partial charge in [0.25, 0.3) is 15.9 Å². The molecule has 0 fully saturated rings. The maximum atomic E-state index is 12.1. The lowest BCUT2D eigenvalue weighted by Crippen LogP contribution is -2.29. The first-order valence-corrected chi connectivity index (χ1v) is 8.19. The molecule has 0 aliphatic carbocycles. The van der Waals surface area contributed by atoms with Gasteiger partial charge in [-0.25, -0.2) is 13.1 Å². The van der Waals surface area contributed by atoms with Gasteiger partial charge in [0.1, 0.15) is 10.6 Å². The third-order valence-electron chi connectivity index (χ3n) is 3.11. The summed E-state index contributed by atoms with van der Waals surface area (Å²) in [5.74, 6) is -0.138. The van der Waals surface area contributed by atoms with Crippen molar-refractivity contribution in [1.82, 2.24) is 14.5 Å². The van der Waals surface area contributed by atoms with Crippen LogP contribution in [-0.4, -0.2) is 31.2 Å². The summed E-state index contributed by atoms with van der Waals surface area (Å²) in [6, 6.07) is 7.16. The van der Waals surface area contributed by atoms with E-state index in [0.717, 1.165) is 0 Å². The first kappa shape index (κ1) is 16.8. The summed E-state index contributed by atoms with van der Waals surface area (Å²) in [5.41, 5.74) is 1.30. The number of sulfonamides is 1. The predicted octanol–water partition coefficient (Wildman–Crippen LogP) is 1.34. The lowest BCUT2D eigenvalue weighted by atomic mass is 10.1. The molecule has 0 saturated carbocycles. The average Bonchev–Trinajstić information content (AvgIpc) is 2.94. The lowest BCUT2D eigenvalue weighted by molar-refractivity contribution is -0.114. The van der Waals surface area contributed by atoms with Crippen molar-refractivity contribution in [2.45, 2.75) is 11.8 Å². The number of para-hydroxylation sites is 1. The van der Waals surface area contributed by atoms with Gasteiger partial charge in [-0.3, -0.25) is 9.48 Å². The molecule has 0 atom stereocenters. The summed E-state index contributed by atoms with van der Waals surface area (Å²) in [7, 11) is -0.824. The van der Waals surface area contributed by atoms with Crippen molar-refractivity contribution >= 4 is 21.5 Å². The lowest BCUT2D eigenvalue weighted by Gasteiger charge is -2.08. The molecule has 0 radical (unpaired) electrons. The fraction of sp³-hybridized carbons (Fsp3) is 0.200. The molecule has 0 aliphatic heterocycles. The van der Waals surface area contributed by atoms with E-state index < -0.39 is 15.9 Å². The Hall–Kier alpha value is -2.61. The topological polar surface area (TPSA) is 90.3 Å². The second-order valence-corrected chi connectivity index (χ2v) is 6.53. The van der Waals surface area contributed by atoms with E-state index >= 15 is 0 Å². The minimum absolute atomic E-state index is 0.0725. The van der Waals surface area contributed by atoms with Gasteiger partial charge in [0, 0.05) is 24.9 Å². The van der Waals surface area contributed by atoms with E-state index in [9.17, 15) is 13.2 Å². The zero-order valence-corrected chi connectivity index (χ0v) is 13.8. The number of aryl methyl sites for hydroxylation is 1. The quantitative estimate of drug-likeness (QED) is 0.833. The van der Waals surface area contributed by atoms with Crippen LogP contribution in [0.3, 0.4) is 0 Å². The van der Waals surface area contributed by atoms with Gasteiger partial charge in [-0.2, -0.15) is 5.10 Å². The van der Waals surface area contributed by atoms with Crippen molar-refractivity contribution in [2.24, 2.45) is 7.05 Å². The number of allylic oxidation sites excluding steroid dienone is 1. The molecule has 2 aromatic rings. The molecule has 0 aliphatic rings. The molecular weight excluding hydrogens is 318 g/mol.